The zero-order valence-corrected chi connectivity index (χ0v) is 17.5. The van der Waals surface area contributed by atoms with Crippen LogP contribution in [-0.2, 0) is 4.79 Å². The third-order valence-electron chi connectivity index (χ3n) is 4.92. The van der Waals surface area contributed by atoms with E-state index < -0.39 is 0 Å². The zero-order chi connectivity index (χ0) is 18.4. The Hall–Kier alpha value is -1.44. The smallest absolute Gasteiger partial charge is 0.324 e. The maximum Gasteiger partial charge on any atom is 0.324 e. The van der Waals surface area contributed by atoms with Crippen LogP contribution in [0.4, 0.5) is 10.5 Å². The largest absolute Gasteiger partial charge is 0.368 e. The Bertz CT molecular complexity index is 622. The molecule has 0 radical (unpaired) electrons. The van der Waals surface area contributed by atoms with Gasteiger partial charge in [0, 0.05) is 37.6 Å². The number of unbranched alkanes of at least 4 members (excludes halogenated alkanes) is 1. The lowest BCUT2D eigenvalue weighted by molar-refractivity contribution is -0.125. The van der Waals surface area contributed by atoms with Crippen molar-refractivity contribution in [2.75, 3.05) is 56.5 Å². The van der Waals surface area contributed by atoms with Gasteiger partial charge in [-0.15, -0.1) is 24.2 Å². The highest BCUT2D eigenvalue weighted by molar-refractivity contribution is 7.99. The van der Waals surface area contributed by atoms with Gasteiger partial charge >= 0.3 is 6.03 Å². The van der Waals surface area contributed by atoms with E-state index in [2.05, 4.69) is 46.3 Å². The first-order valence-electron chi connectivity index (χ1n) is 9.46. The zero-order valence-electron chi connectivity index (χ0n) is 15.9. The predicted molar refractivity (Wildman–Crippen MR) is 113 cm³/mol. The van der Waals surface area contributed by atoms with Gasteiger partial charge in [0.15, 0.2) is 0 Å². The quantitative estimate of drug-likeness (QED) is 0.404. The number of carbonyl (C=O) groups excluding carboxylic acids is 2. The Morgan fingerprint density at radius 1 is 1.04 bits per heavy atom. The minimum Gasteiger partial charge on any atom is -0.368 e. The number of anilines is 1. The van der Waals surface area contributed by atoms with Gasteiger partial charge in [-0.3, -0.25) is 14.6 Å². The molecule has 2 saturated heterocycles. The summed E-state index contributed by atoms with van der Waals surface area (Å²) < 4.78 is 0. The number of nitrogens with one attached hydrogen (secondary N) is 1. The number of thioether (sulfide) groups is 1. The highest BCUT2D eigenvalue weighted by Gasteiger charge is 2.27. The highest BCUT2D eigenvalue weighted by atomic mass is 35.5. The molecule has 0 unspecified atom stereocenters. The van der Waals surface area contributed by atoms with Crippen LogP contribution in [0.3, 0.4) is 0 Å². The second-order valence-electron chi connectivity index (χ2n) is 6.64. The summed E-state index contributed by atoms with van der Waals surface area (Å²) in [6, 6.07) is 8.44. The van der Waals surface area contributed by atoms with Crippen LogP contribution in [0.2, 0.25) is 0 Å². The van der Waals surface area contributed by atoms with Crippen molar-refractivity contribution < 1.29 is 9.59 Å². The standard InChI is InChI=1S/C19H28N4O2S.ClH/c1-2-26-17-8-4-3-7-16(17)22-13-11-21(12-14-22)9-5-6-10-23-18(24)15-20-19(23)25;/h3-4,7-8H,2,5-6,9-15H2,1H3,(H,20,25);1H. The Morgan fingerprint density at radius 3 is 2.41 bits per heavy atom. The summed E-state index contributed by atoms with van der Waals surface area (Å²) in [5.41, 5.74) is 1.36. The Balaban J connectivity index is 0.00000261. The molecule has 2 heterocycles. The lowest BCUT2D eigenvalue weighted by Crippen LogP contribution is -2.46. The molecule has 2 fully saturated rings. The number of imide groups is 1. The second kappa shape index (κ2) is 10.8. The Morgan fingerprint density at radius 2 is 1.74 bits per heavy atom. The van der Waals surface area contributed by atoms with Crippen molar-refractivity contribution in [2.24, 2.45) is 0 Å². The summed E-state index contributed by atoms with van der Waals surface area (Å²) in [5, 5.41) is 2.56. The molecule has 1 aromatic carbocycles. The van der Waals surface area contributed by atoms with Crippen LogP contribution in [0.5, 0.6) is 0 Å². The summed E-state index contributed by atoms with van der Waals surface area (Å²) in [6.45, 7) is 8.14. The van der Waals surface area contributed by atoms with E-state index in [0.29, 0.717) is 6.54 Å². The minimum atomic E-state index is -0.243. The van der Waals surface area contributed by atoms with E-state index >= 15 is 0 Å². The first-order valence-corrected chi connectivity index (χ1v) is 10.4. The van der Waals surface area contributed by atoms with Crippen molar-refractivity contribution in [3.63, 3.8) is 0 Å². The number of halogens is 1. The molecule has 2 aliphatic heterocycles. The average molecular weight is 413 g/mol. The van der Waals surface area contributed by atoms with Crippen LogP contribution in [0, 0.1) is 0 Å². The molecule has 0 aromatic heterocycles. The highest BCUT2D eigenvalue weighted by Crippen LogP contribution is 2.30. The van der Waals surface area contributed by atoms with Gasteiger partial charge in [-0.1, -0.05) is 19.1 Å². The molecule has 0 spiro atoms. The van der Waals surface area contributed by atoms with Crippen molar-refractivity contribution >= 4 is 41.8 Å². The molecular formula is C19H29ClN4O2S. The SMILES string of the molecule is CCSc1ccccc1N1CCN(CCCCN2C(=O)CNC2=O)CC1.Cl. The summed E-state index contributed by atoms with van der Waals surface area (Å²) in [4.78, 5) is 30.7. The molecule has 0 atom stereocenters. The Kier molecular flexibility index (Phi) is 8.73. The first-order chi connectivity index (χ1) is 12.7. The number of hydrogen-bond donors (Lipinski definition) is 1. The lowest BCUT2D eigenvalue weighted by atomic mass is 10.2. The van der Waals surface area contributed by atoms with Gasteiger partial charge in [0.2, 0.25) is 5.91 Å². The van der Waals surface area contributed by atoms with Crippen LogP contribution in [0.1, 0.15) is 19.8 Å². The maximum atomic E-state index is 11.6. The fourth-order valence-corrected chi connectivity index (χ4v) is 4.33. The predicted octanol–water partition coefficient (Wildman–Crippen LogP) is 2.67. The third kappa shape index (κ3) is 5.77. The lowest BCUT2D eigenvalue weighted by Gasteiger charge is -2.37. The summed E-state index contributed by atoms with van der Waals surface area (Å²) >= 11 is 1.91. The van der Waals surface area contributed by atoms with Gasteiger partial charge in [-0.2, -0.15) is 0 Å². The molecule has 0 aliphatic carbocycles. The van der Waals surface area contributed by atoms with E-state index in [9.17, 15) is 9.59 Å². The number of hydrogen-bond acceptors (Lipinski definition) is 5. The topological polar surface area (TPSA) is 55.9 Å². The number of nitrogens with zero attached hydrogens (tertiary/aromatic N) is 3. The molecule has 3 rings (SSSR count). The fourth-order valence-electron chi connectivity index (χ4n) is 3.50. The molecular weight excluding hydrogens is 384 g/mol. The van der Waals surface area contributed by atoms with E-state index in [1.807, 2.05) is 11.8 Å². The molecule has 2 aliphatic rings. The second-order valence-corrected chi connectivity index (χ2v) is 7.95. The monoisotopic (exact) mass is 412 g/mol. The van der Waals surface area contributed by atoms with Crippen molar-refractivity contribution in [3.05, 3.63) is 24.3 Å². The molecule has 1 N–H and O–H groups in total. The summed E-state index contributed by atoms with van der Waals surface area (Å²) in [6.07, 6.45) is 1.88. The van der Waals surface area contributed by atoms with Gasteiger partial charge in [0.05, 0.1) is 12.2 Å². The van der Waals surface area contributed by atoms with Gasteiger partial charge in [-0.25, -0.2) is 4.79 Å². The molecule has 3 amide bonds. The summed E-state index contributed by atoms with van der Waals surface area (Å²) in [7, 11) is 0. The van der Waals surface area contributed by atoms with E-state index in [0.717, 1.165) is 51.3 Å². The van der Waals surface area contributed by atoms with Crippen LogP contribution in [0.25, 0.3) is 0 Å². The van der Waals surface area contributed by atoms with Crippen LogP contribution in [0.15, 0.2) is 29.2 Å². The number of benzene rings is 1. The minimum absolute atomic E-state index is 0. The molecule has 6 nitrogen and oxygen atoms in total. The van der Waals surface area contributed by atoms with Crippen LogP contribution >= 0.6 is 24.2 Å². The molecule has 0 saturated carbocycles. The van der Waals surface area contributed by atoms with E-state index in [4.69, 9.17) is 0 Å². The van der Waals surface area contributed by atoms with Gasteiger partial charge in [0.25, 0.3) is 0 Å². The number of piperazine rings is 1. The number of carbonyl (C=O) groups is 2. The molecule has 1 aromatic rings. The maximum absolute atomic E-state index is 11.6. The van der Waals surface area contributed by atoms with Gasteiger partial charge in [0.1, 0.15) is 0 Å². The molecule has 0 bridgehead atoms. The van der Waals surface area contributed by atoms with Crippen molar-refractivity contribution in [1.82, 2.24) is 15.1 Å². The summed E-state index contributed by atoms with van der Waals surface area (Å²) in [5.74, 6) is 0.987. The third-order valence-corrected chi connectivity index (χ3v) is 5.87. The number of amides is 3. The van der Waals surface area contributed by atoms with E-state index in [1.54, 1.807) is 0 Å². The first kappa shape index (κ1) is 21.9. The van der Waals surface area contributed by atoms with Crippen molar-refractivity contribution in [1.29, 1.82) is 0 Å². The molecule has 27 heavy (non-hydrogen) atoms. The number of urea groups is 1. The number of para-hydroxylation sites is 1. The van der Waals surface area contributed by atoms with Crippen LogP contribution in [-0.4, -0.2) is 73.3 Å². The van der Waals surface area contributed by atoms with E-state index in [-0.39, 0.29) is 30.9 Å². The van der Waals surface area contributed by atoms with Crippen LogP contribution < -0.4 is 10.2 Å². The fraction of sp³-hybridized carbons (Fsp3) is 0.579. The number of rotatable bonds is 8. The van der Waals surface area contributed by atoms with E-state index in [1.165, 1.54) is 15.5 Å². The van der Waals surface area contributed by atoms with Gasteiger partial charge in [-0.05, 0) is 37.3 Å². The van der Waals surface area contributed by atoms with Crippen molar-refractivity contribution in [3.8, 4) is 0 Å². The molecule has 150 valence electrons. The van der Waals surface area contributed by atoms with Crippen molar-refractivity contribution in [2.45, 2.75) is 24.7 Å². The average Bonchev–Trinajstić information content (AvgIpc) is 2.98. The normalized spacial score (nSPS) is 17.8. The van der Waals surface area contributed by atoms with Gasteiger partial charge < -0.3 is 10.2 Å². The Labute approximate surface area is 172 Å². The molecule has 8 heteroatoms.